The molecule has 0 spiro atoms. The number of pyridine rings is 1. The monoisotopic (exact) mass is 321 g/mol. The van der Waals surface area contributed by atoms with Gasteiger partial charge in [0.2, 0.25) is 0 Å². The van der Waals surface area contributed by atoms with E-state index >= 15 is 0 Å². The third kappa shape index (κ3) is 2.84. The molecule has 0 aliphatic rings. The fourth-order valence-corrected chi connectivity index (χ4v) is 2.14. The lowest BCUT2D eigenvalue weighted by atomic mass is 10.2. The van der Waals surface area contributed by atoms with E-state index < -0.39 is 0 Å². The largest absolute Gasteiger partial charge is 0.441 e. The number of carbonyl (C=O) groups excluding carboxylic acids is 1. The molecule has 106 valence electrons. The molecule has 0 saturated carbocycles. The Labute approximate surface area is 129 Å². The first-order valence-corrected chi connectivity index (χ1v) is 6.78. The average Bonchev–Trinajstić information content (AvgIpc) is 2.81. The summed E-state index contributed by atoms with van der Waals surface area (Å²) >= 11 is 11.6. The van der Waals surface area contributed by atoms with Crippen molar-refractivity contribution in [1.29, 1.82) is 0 Å². The van der Waals surface area contributed by atoms with E-state index in [0.29, 0.717) is 28.2 Å². The predicted octanol–water partition coefficient (Wildman–Crippen LogP) is 4.09. The number of aryl methyl sites for hydroxylation is 1. The van der Waals surface area contributed by atoms with Crippen molar-refractivity contribution in [3.05, 3.63) is 52.1 Å². The molecule has 5 nitrogen and oxygen atoms in total. The van der Waals surface area contributed by atoms with Gasteiger partial charge in [0.05, 0.1) is 10.6 Å². The van der Waals surface area contributed by atoms with E-state index in [1.807, 2.05) is 0 Å². The quantitative estimate of drug-likeness (QED) is 0.722. The Morgan fingerprint density at radius 1 is 1.29 bits per heavy atom. The van der Waals surface area contributed by atoms with E-state index in [1.54, 1.807) is 25.1 Å². The maximum Gasteiger partial charge on any atom is 0.257 e. The van der Waals surface area contributed by atoms with E-state index in [-0.39, 0.29) is 16.1 Å². The number of benzene rings is 1. The van der Waals surface area contributed by atoms with Crippen molar-refractivity contribution in [2.24, 2.45) is 0 Å². The first kappa shape index (κ1) is 13.9. The third-order valence-corrected chi connectivity index (χ3v) is 3.50. The van der Waals surface area contributed by atoms with Crippen LogP contribution in [0.25, 0.3) is 11.1 Å². The first-order chi connectivity index (χ1) is 10.0. The minimum Gasteiger partial charge on any atom is -0.441 e. The minimum atomic E-state index is -0.333. The third-order valence-electron chi connectivity index (χ3n) is 2.81. The summed E-state index contributed by atoms with van der Waals surface area (Å²) in [5.74, 6) is 0.239. The molecule has 0 saturated heterocycles. The van der Waals surface area contributed by atoms with Crippen LogP contribution in [0.2, 0.25) is 10.2 Å². The Kier molecular flexibility index (Phi) is 3.53. The molecule has 0 bridgehead atoms. The smallest absolute Gasteiger partial charge is 0.257 e. The first-order valence-electron chi connectivity index (χ1n) is 6.02. The van der Waals surface area contributed by atoms with Crippen LogP contribution in [-0.2, 0) is 0 Å². The van der Waals surface area contributed by atoms with Gasteiger partial charge in [-0.15, -0.1) is 0 Å². The van der Waals surface area contributed by atoms with Gasteiger partial charge >= 0.3 is 0 Å². The zero-order chi connectivity index (χ0) is 15.0. The van der Waals surface area contributed by atoms with Crippen molar-refractivity contribution in [1.82, 2.24) is 9.97 Å². The second kappa shape index (κ2) is 5.35. The van der Waals surface area contributed by atoms with Gasteiger partial charge in [-0.05, 0) is 24.3 Å². The van der Waals surface area contributed by atoms with Crippen LogP contribution in [0.3, 0.4) is 0 Å². The number of aromatic nitrogens is 2. The molecule has 0 aliphatic heterocycles. The van der Waals surface area contributed by atoms with Gasteiger partial charge < -0.3 is 9.73 Å². The predicted molar refractivity (Wildman–Crippen MR) is 81.0 cm³/mol. The van der Waals surface area contributed by atoms with E-state index in [0.717, 1.165) is 0 Å². The zero-order valence-electron chi connectivity index (χ0n) is 10.9. The van der Waals surface area contributed by atoms with Crippen LogP contribution in [0.4, 0.5) is 5.69 Å². The molecule has 7 heteroatoms. The average molecular weight is 322 g/mol. The SMILES string of the molecule is Cc1nc2cc(NC(=O)c3cnc(Cl)c(Cl)c3)ccc2o1. The maximum absolute atomic E-state index is 12.1. The lowest BCUT2D eigenvalue weighted by molar-refractivity contribution is 0.102. The molecule has 3 rings (SSSR count). The van der Waals surface area contributed by atoms with Crippen molar-refractivity contribution in [3.63, 3.8) is 0 Å². The summed E-state index contributed by atoms with van der Waals surface area (Å²) in [5, 5.41) is 3.13. The number of fused-ring (bicyclic) bond motifs is 1. The Balaban J connectivity index is 1.86. The van der Waals surface area contributed by atoms with Gasteiger partial charge in [-0.25, -0.2) is 9.97 Å². The maximum atomic E-state index is 12.1. The molecule has 0 aliphatic carbocycles. The van der Waals surface area contributed by atoms with Gasteiger partial charge in [-0.3, -0.25) is 4.79 Å². The molecule has 2 heterocycles. The van der Waals surface area contributed by atoms with Crippen LogP contribution < -0.4 is 5.32 Å². The van der Waals surface area contributed by atoms with Crippen LogP contribution in [-0.4, -0.2) is 15.9 Å². The van der Waals surface area contributed by atoms with Gasteiger partial charge in [0, 0.05) is 18.8 Å². The number of halogens is 2. The number of nitrogens with zero attached hydrogens (tertiary/aromatic N) is 2. The van der Waals surface area contributed by atoms with Crippen molar-refractivity contribution >= 4 is 45.9 Å². The van der Waals surface area contributed by atoms with Crippen LogP contribution in [0.5, 0.6) is 0 Å². The summed E-state index contributed by atoms with van der Waals surface area (Å²) < 4.78 is 5.38. The molecule has 21 heavy (non-hydrogen) atoms. The van der Waals surface area contributed by atoms with E-state index in [9.17, 15) is 4.79 Å². The normalized spacial score (nSPS) is 10.8. The van der Waals surface area contributed by atoms with Gasteiger partial charge in [-0.2, -0.15) is 0 Å². The number of hydrogen-bond donors (Lipinski definition) is 1. The highest BCUT2D eigenvalue weighted by atomic mass is 35.5. The Morgan fingerprint density at radius 3 is 2.86 bits per heavy atom. The molecule has 1 aromatic carbocycles. The highest BCUT2D eigenvalue weighted by Crippen LogP contribution is 2.22. The fraction of sp³-hybridized carbons (Fsp3) is 0.0714. The molecular weight excluding hydrogens is 313 g/mol. The highest BCUT2D eigenvalue weighted by Gasteiger charge is 2.10. The Hall–Kier alpha value is -2.11. The Bertz CT molecular complexity index is 845. The van der Waals surface area contributed by atoms with E-state index in [2.05, 4.69) is 15.3 Å². The minimum absolute atomic E-state index is 0.160. The van der Waals surface area contributed by atoms with Crippen LogP contribution >= 0.6 is 23.2 Å². The summed E-state index contributed by atoms with van der Waals surface area (Å²) in [6.45, 7) is 1.76. The molecular formula is C14H9Cl2N3O2. The number of hydrogen-bond acceptors (Lipinski definition) is 4. The lowest BCUT2D eigenvalue weighted by Gasteiger charge is -2.05. The molecule has 0 fully saturated rings. The molecule has 3 aromatic rings. The lowest BCUT2D eigenvalue weighted by Crippen LogP contribution is -2.12. The van der Waals surface area contributed by atoms with Crippen LogP contribution in [0.1, 0.15) is 16.2 Å². The van der Waals surface area contributed by atoms with Gasteiger partial charge in [0.25, 0.3) is 5.91 Å². The highest BCUT2D eigenvalue weighted by molar-refractivity contribution is 6.41. The van der Waals surface area contributed by atoms with Crippen molar-refractivity contribution in [2.75, 3.05) is 5.32 Å². The number of anilines is 1. The van der Waals surface area contributed by atoms with Crippen molar-refractivity contribution in [2.45, 2.75) is 6.92 Å². The van der Waals surface area contributed by atoms with Gasteiger partial charge in [0.15, 0.2) is 11.5 Å². The molecule has 0 radical (unpaired) electrons. The number of oxazole rings is 1. The van der Waals surface area contributed by atoms with E-state index in [1.165, 1.54) is 12.3 Å². The topological polar surface area (TPSA) is 68.0 Å². The summed E-state index contributed by atoms with van der Waals surface area (Å²) in [6.07, 6.45) is 1.36. The van der Waals surface area contributed by atoms with Crippen LogP contribution in [0.15, 0.2) is 34.9 Å². The van der Waals surface area contributed by atoms with E-state index in [4.69, 9.17) is 27.6 Å². The number of carbonyl (C=O) groups is 1. The van der Waals surface area contributed by atoms with Gasteiger partial charge in [-0.1, -0.05) is 23.2 Å². The second-order valence-electron chi connectivity index (χ2n) is 4.37. The number of nitrogens with one attached hydrogen (secondary N) is 1. The van der Waals surface area contributed by atoms with Crippen molar-refractivity contribution < 1.29 is 9.21 Å². The zero-order valence-corrected chi connectivity index (χ0v) is 12.4. The second-order valence-corrected chi connectivity index (χ2v) is 5.13. The standard InChI is InChI=1S/C14H9Cl2N3O2/c1-7-18-11-5-9(2-3-12(11)21-7)19-14(20)8-4-10(15)13(16)17-6-8/h2-6H,1H3,(H,19,20). The number of amides is 1. The fourth-order valence-electron chi connectivity index (χ4n) is 1.87. The van der Waals surface area contributed by atoms with Crippen LogP contribution in [0, 0.1) is 6.92 Å². The summed E-state index contributed by atoms with van der Waals surface area (Å²) in [4.78, 5) is 20.2. The molecule has 1 amide bonds. The molecule has 0 atom stereocenters. The van der Waals surface area contributed by atoms with Gasteiger partial charge in [0.1, 0.15) is 10.7 Å². The van der Waals surface area contributed by atoms with Crippen molar-refractivity contribution in [3.8, 4) is 0 Å². The molecule has 2 aromatic heterocycles. The molecule has 1 N–H and O–H groups in total. The summed E-state index contributed by atoms with van der Waals surface area (Å²) in [7, 11) is 0. The molecule has 0 unspecified atom stereocenters. The Morgan fingerprint density at radius 2 is 2.10 bits per heavy atom. The summed E-state index contributed by atoms with van der Waals surface area (Å²) in [6, 6.07) is 6.67. The summed E-state index contributed by atoms with van der Waals surface area (Å²) in [5.41, 5.74) is 2.27. The number of rotatable bonds is 2.